The molecule has 0 aliphatic rings. The van der Waals surface area contributed by atoms with E-state index in [9.17, 15) is 9.59 Å². The van der Waals surface area contributed by atoms with Gasteiger partial charge in [0, 0.05) is 6.20 Å². The Morgan fingerprint density at radius 1 is 1.32 bits per heavy atom. The standard InChI is InChI=1S/C12H13N5O2/c13-9-3-1-2-4-10(9)16-11(18)7-17-6-8(5-15-17)12(14)19/h1-6H,7,13H2,(H2,14,19)(H,16,18). The van der Waals surface area contributed by atoms with E-state index in [0.717, 1.165) is 0 Å². The maximum absolute atomic E-state index is 11.8. The van der Waals surface area contributed by atoms with Gasteiger partial charge in [0.1, 0.15) is 6.54 Å². The van der Waals surface area contributed by atoms with Crippen LogP contribution in [0, 0.1) is 0 Å². The van der Waals surface area contributed by atoms with E-state index in [4.69, 9.17) is 11.5 Å². The zero-order valence-electron chi connectivity index (χ0n) is 10.0. The number of amides is 2. The molecule has 7 nitrogen and oxygen atoms in total. The molecular formula is C12H13N5O2. The van der Waals surface area contributed by atoms with Crippen LogP contribution in [-0.2, 0) is 11.3 Å². The molecule has 7 heteroatoms. The first-order valence-electron chi connectivity index (χ1n) is 5.53. The average Bonchev–Trinajstić information content (AvgIpc) is 2.80. The van der Waals surface area contributed by atoms with Gasteiger partial charge in [-0.25, -0.2) is 0 Å². The van der Waals surface area contributed by atoms with Crippen molar-refractivity contribution in [2.24, 2.45) is 5.73 Å². The summed E-state index contributed by atoms with van der Waals surface area (Å²) in [5.41, 5.74) is 12.1. The molecule has 0 spiro atoms. The van der Waals surface area contributed by atoms with E-state index >= 15 is 0 Å². The highest BCUT2D eigenvalue weighted by Crippen LogP contribution is 2.16. The molecule has 0 saturated heterocycles. The van der Waals surface area contributed by atoms with E-state index < -0.39 is 5.91 Å². The van der Waals surface area contributed by atoms with Crippen molar-refractivity contribution in [2.45, 2.75) is 6.54 Å². The number of primary amides is 1. The summed E-state index contributed by atoms with van der Waals surface area (Å²) in [6, 6.07) is 6.93. The van der Waals surface area contributed by atoms with Crippen LogP contribution in [-0.4, -0.2) is 21.6 Å². The molecule has 98 valence electrons. The number of rotatable bonds is 4. The number of nitrogens with zero attached hydrogens (tertiary/aromatic N) is 2. The molecule has 1 aromatic carbocycles. The predicted molar refractivity (Wildman–Crippen MR) is 70.2 cm³/mol. The minimum absolute atomic E-state index is 0.0262. The summed E-state index contributed by atoms with van der Waals surface area (Å²) in [5.74, 6) is -0.879. The van der Waals surface area contributed by atoms with Crippen molar-refractivity contribution in [3.63, 3.8) is 0 Å². The van der Waals surface area contributed by atoms with Crippen molar-refractivity contribution in [1.82, 2.24) is 9.78 Å². The Morgan fingerprint density at radius 3 is 2.68 bits per heavy atom. The van der Waals surface area contributed by atoms with Crippen LogP contribution < -0.4 is 16.8 Å². The van der Waals surface area contributed by atoms with Crippen molar-refractivity contribution >= 4 is 23.2 Å². The molecule has 0 aliphatic heterocycles. The lowest BCUT2D eigenvalue weighted by Gasteiger charge is -2.07. The molecule has 5 N–H and O–H groups in total. The Balaban J connectivity index is 2.01. The van der Waals surface area contributed by atoms with Gasteiger partial charge in [0.25, 0.3) is 5.91 Å². The highest BCUT2D eigenvalue weighted by molar-refractivity contribution is 5.94. The Kier molecular flexibility index (Phi) is 3.46. The first-order chi connectivity index (χ1) is 9.06. The van der Waals surface area contributed by atoms with Gasteiger partial charge in [-0.15, -0.1) is 0 Å². The largest absolute Gasteiger partial charge is 0.397 e. The highest BCUT2D eigenvalue weighted by Gasteiger charge is 2.08. The van der Waals surface area contributed by atoms with E-state index in [2.05, 4.69) is 10.4 Å². The molecule has 2 rings (SSSR count). The molecule has 1 aromatic heterocycles. The Bertz CT molecular complexity index is 620. The predicted octanol–water partition coefficient (Wildman–Crippen LogP) is 0.203. The van der Waals surface area contributed by atoms with Crippen LogP contribution in [0.5, 0.6) is 0 Å². The number of benzene rings is 1. The summed E-state index contributed by atoms with van der Waals surface area (Å²) >= 11 is 0. The van der Waals surface area contributed by atoms with Crippen molar-refractivity contribution in [3.05, 3.63) is 42.2 Å². The fraction of sp³-hybridized carbons (Fsp3) is 0.0833. The molecule has 1 heterocycles. The van der Waals surface area contributed by atoms with Crippen LogP contribution in [0.1, 0.15) is 10.4 Å². The minimum atomic E-state index is -0.584. The van der Waals surface area contributed by atoms with Gasteiger partial charge >= 0.3 is 0 Å². The van der Waals surface area contributed by atoms with Crippen LogP contribution in [0.3, 0.4) is 0 Å². The zero-order valence-corrected chi connectivity index (χ0v) is 10.0. The summed E-state index contributed by atoms with van der Waals surface area (Å²) < 4.78 is 1.33. The maximum atomic E-state index is 11.8. The molecule has 19 heavy (non-hydrogen) atoms. The number of anilines is 2. The minimum Gasteiger partial charge on any atom is -0.397 e. The molecule has 2 aromatic rings. The van der Waals surface area contributed by atoms with Crippen molar-refractivity contribution in [2.75, 3.05) is 11.1 Å². The van der Waals surface area contributed by atoms with E-state index in [0.29, 0.717) is 11.4 Å². The number of carbonyl (C=O) groups is 2. The van der Waals surface area contributed by atoms with Gasteiger partial charge in [-0.1, -0.05) is 12.1 Å². The van der Waals surface area contributed by atoms with Crippen LogP contribution in [0.2, 0.25) is 0 Å². The van der Waals surface area contributed by atoms with Gasteiger partial charge in [0.2, 0.25) is 5.91 Å². The van der Waals surface area contributed by atoms with Crippen LogP contribution in [0.25, 0.3) is 0 Å². The summed E-state index contributed by atoms with van der Waals surface area (Å²) in [5, 5.41) is 6.52. The molecule has 2 amide bonds. The topological polar surface area (TPSA) is 116 Å². The summed E-state index contributed by atoms with van der Waals surface area (Å²) in [6.07, 6.45) is 2.72. The van der Waals surface area contributed by atoms with Crippen LogP contribution in [0.4, 0.5) is 11.4 Å². The second-order valence-corrected chi connectivity index (χ2v) is 3.93. The quantitative estimate of drug-likeness (QED) is 0.680. The van der Waals surface area contributed by atoms with Crippen LogP contribution >= 0.6 is 0 Å². The fourth-order valence-electron chi connectivity index (χ4n) is 1.52. The number of hydrogen-bond donors (Lipinski definition) is 3. The third-order valence-corrected chi connectivity index (χ3v) is 2.46. The molecule has 0 saturated carbocycles. The normalized spacial score (nSPS) is 10.1. The average molecular weight is 259 g/mol. The lowest BCUT2D eigenvalue weighted by Crippen LogP contribution is -2.19. The third-order valence-electron chi connectivity index (χ3n) is 2.46. The monoisotopic (exact) mass is 259 g/mol. The fourth-order valence-corrected chi connectivity index (χ4v) is 1.52. The van der Waals surface area contributed by atoms with Crippen LogP contribution in [0.15, 0.2) is 36.7 Å². The van der Waals surface area contributed by atoms with E-state index in [-0.39, 0.29) is 18.0 Å². The number of nitrogen functional groups attached to an aromatic ring is 1. The van der Waals surface area contributed by atoms with E-state index in [1.807, 2.05) is 0 Å². The lowest BCUT2D eigenvalue weighted by molar-refractivity contribution is -0.116. The van der Waals surface area contributed by atoms with E-state index in [1.54, 1.807) is 24.3 Å². The first-order valence-corrected chi connectivity index (χ1v) is 5.53. The zero-order chi connectivity index (χ0) is 13.8. The Hall–Kier alpha value is -2.83. The molecule has 0 aliphatic carbocycles. The maximum Gasteiger partial charge on any atom is 0.251 e. The molecular weight excluding hydrogens is 246 g/mol. The van der Waals surface area contributed by atoms with Gasteiger partial charge < -0.3 is 16.8 Å². The molecule has 0 fully saturated rings. The Morgan fingerprint density at radius 2 is 2.05 bits per heavy atom. The van der Waals surface area contributed by atoms with Gasteiger partial charge in [0.15, 0.2) is 0 Å². The summed E-state index contributed by atoms with van der Waals surface area (Å²) in [4.78, 5) is 22.7. The molecule has 0 atom stereocenters. The van der Waals surface area contributed by atoms with Gasteiger partial charge in [0.05, 0.1) is 23.1 Å². The first kappa shape index (κ1) is 12.6. The van der Waals surface area contributed by atoms with Crippen molar-refractivity contribution < 1.29 is 9.59 Å². The van der Waals surface area contributed by atoms with E-state index in [1.165, 1.54) is 17.1 Å². The second-order valence-electron chi connectivity index (χ2n) is 3.93. The van der Waals surface area contributed by atoms with Gasteiger partial charge in [-0.2, -0.15) is 5.10 Å². The molecule has 0 bridgehead atoms. The van der Waals surface area contributed by atoms with Gasteiger partial charge in [-0.05, 0) is 12.1 Å². The number of nitrogens with one attached hydrogen (secondary N) is 1. The Labute approximate surface area is 109 Å². The summed E-state index contributed by atoms with van der Waals surface area (Å²) in [7, 11) is 0. The van der Waals surface area contributed by atoms with Gasteiger partial charge in [-0.3, -0.25) is 14.3 Å². The lowest BCUT2D eigenvalue weighted by atomic mass is 10.2. The number of carbonyl (C=O) groups excluding carboxylic acids is 2. The molecule has 0 radical (unpaired) electrons. The number of nitrogens with two attached hydrogens (primary N) is 2. The summed E-state index contributed by atoms with van der Waals surface area (Å²) in [6.45, 7) is -0.0262. The number of aromatic nitrogens is 2. The SMILES string of the molecule is NC(=O)c1cnn(CC(=O)Nc2ccccc2N)c1. The number of para-hydroxylation sites is 2. The smallest absolute Gasteiger partial charge is 0.251 e. The second kappa shape index (κ2) is 5.21. The third kappa shape index (κ3) is 3.09. The molecule has 0 unspecified atom stereocenters. The highest BCUT2D eigenvalue weighted by atomic mass is 16.2. The van der Waals surface area contributed by atoms with Crippen molar-refractivity contribution in [3.8, 4) is 0 Å². The van der Waals surface area contributed by atoms with Crippen molar-refractivity contribution in [1.29, 1.82) is 0 Å². The number of hydrogen-bond acceptors (Lipinski definition) is 4.